The highest BCUT2D eigenvalue weighted by Crippen LogP contribution is 2.26. The van der Waals surface area contributed by atoms with Gasteiger partial charge in [-0.15, -0.1) is 0 Å². The monoisotopic (exact) mass is 173 g/mol. The van der Waals surface area contributed by atoms with E-state index in [0.717, 1.165) is 11.7 Å². The molecule has 1 rings (SSSR count). The zero-order chi connectivity index (χ0) is 8.48. The standard InChI is InChI=1S/C8H15NOS/c1-6-5-8(2,3)9-7(10-6)11-4/h6H,5H2,1-4H3/t6-/m0/s1. The first-order chi connectivity index (χ1) is 5.03. The highest BCUT2D eigenvalue weighted by molar-refractivity contribution is 8.12. The van der Waals surface area contributed by atoms with Gasteiger partial charge in [0, 0.05) is 6.42 Å². The van der Waals surface area contributed by atoms with Crippen molar-refractivity contribution in [3.05, 3.63) is 0 Å². The molecule has 0 aromatic rings. The van der Waals surface area contributed by atoms with Gasteiger partial charge in [-0.3, -0.25) is 0 Å². The van der Waals surface area contributed by atoms with E-state index in [1.54, 1.807) is 11.8 Å². The largest absolute Gasteiger partial charge is 0.470 e. The molecule has 1 heterocycles. The Bertz CT molecular complexity index is 177. The summed E-state index contributed by atoms with van der Waals surface area (Å²) in [7, 11) is 0. The van der Waals surface area contributed by atoms with Crippen LogP contribution in [0.25, 0.3) is 0 Å². The number of hydrogen-bond acceptors (Lipinski definition) is 3. The summed E-state index contributed by atoms with van der Waals surface area (Å²) in [5, 5.41) is 0.828. The number of rotatable bonds is 0. The van der Waals surface area contributed by atoms with Crippen LogP contribution in [0, 0.1) is 0 Å². The average Bonchev–Trinajstić information content (AvgIpc) is 1.83. The van der Waals surface area contributed by atoms with E-state index in [9.17, 15) is 0 Å². The smallest absolute Gasteiger partial charge is 0.246 e. The van der Waals surface area contributed by atoms with Gasteiger partial charge in [0.2, 0.25) is 5.23 Å². The van der Waals surface area contributed by atoms with Crippen molar-refractivity contribution in [3.8, 4) is 0 Å². The molecule has 0 aliphatic carbocycles. The molecule has 0 saturated carbocycles. The van der Waals surface area contributed by atoms with Crippen LogP contribution in [0.4, 0.5) is 0 Å². The van der Waals surface area contributed by atoms with Crippen LogP contribution < -0.4 is 0 Å². The molecule has 3 heteroatoms. The van der Waals surface area contributed by atoms with E-state index >= 15 is 0 Å². The Kier molecular flexibility index (Phi) is 2.47. The molecular formula is C8H15NOS. The molecule has 0 aromatic heterocycles. The summed E-state index contributed by atoms with van der Waals surface area (Å²) in [4.78, 5) is 4.44. The summed E-state index contributed by atoms with van der Waals surface area (Å²) in [6, 6.07) is 0. The molecule has 0 unspecified atom stereocenters. The Morgan fingerprint density at radius 1 is 1.64 bits per heavy atom. The minimum absolute atomic E-state index is 0.0655. The van der Waals surface area contributed by atoms with E-state index < -0.39 is 0 Å². The Hall–Kier alpha value is -0.180. The Balaban J connectivity index is 2.74. The predicted molar refractivity (Wildman–Crippen MR) is 50.2 cm³/mol. The quantitative estimate of drug-likeness (QED) is 0.560. The van der Waals surface area contributed by atoms with Crippen molar-refractivity contribution in [2.75, 3.05) is 6.26 Å². The van der Waals surface area contributed by atoms with E-state index in [4.69, 9.17) is 4.74 Å². The molecule has 1 atom stereocenters. The van der Waals surface area contributed by atoms with E-state index in [0.29, 0.717) is 6.10 Å². The average molecular weight is 173 g/mol. The Morgan fingerprint density at radius 2 is 2.27 bits per heavy atom. The molecule has 2 nitrogen and oxygen atoms in total. The van der Waals surface area contributed by atoms with Gasteiger partial charge in [-0.25, -0.2) is 4.99 Å². The van der Waals surface area contributed by atoms with E-state index in [1.165, 1.54) is 0 Å². The fourth-order valence-electron chi connectivity index (χ4n) is 1.33. The first-order valence-corrected chi connectivity index (χ1v) is 5.06. The molecule has 0 amide bonds. The number of thioether (sulfide) groups is 1. The molecule has 64 valence electrons. The third-order valence-corrected chi connectivity index (χ3v) is 2.19. The second kappa shape index (κ2) is 3.05. The number of aliphatic imine (C=N–C) groups is 1. The number of hydrogen-bond donors (Lipinski definition) is 0. The fourth-order valence-corrected chi connectivity index (χ4v) is 1.93. The van der Waals surface area contributed by atoms with Crippen LogP contribution in [0.3, 0.4) is 0 Å². The van der Waals surface area contributed by atoms with E-state index in [2.05, 4.69) is 25.8 Å². The summed E-state index contributed by atoms with van der Waals surface area (Å²) in [5.41, 5.74) is 0.0655. The lowest BCUT2D eigenvalue weighted by molar-refractivity contribution is 0.152. The van der Waals surface area contributed by atoms with Crippen molar-refractivity contribution in [3.63, 3.8) is 0 Å². The van der Waals surface area contributed by atoms with Crippen molar-refractivity contribution in [2.24, 2.45) is 4.99 Å². The van der Waals surface area contributed by atoms with E-state index in [1.807, 2.05) is 6.26 Å². The van der Waals surface area contributed by atoms with Gasteiger partial charge in [-0.05, 0) is 27.0 Å². The molecule has 0 aromatic carbocycles. The second-order valence-electron chi connectivity index (χ2n) is 3.53. The summed E-state index contributed by atoms with van der Waals surface area (Å²) < 4.78 is 5.48. The van der Waals surface area contributed by atoms with Crippen molar-refractivity contribution >= 4 is 17.0 Å². The van der Waals surface area contributed by atoms with Crippen LogP contribution in [0.15, 0.2) is 4.99 Å². The zero-order valence-corrected chi connectivity index (χ0v) is 8.36. The van der Waals surface area contributed by atoms with Crippen LogP contribution in [-0.4, -0.2) is 23.1 Å². The van der Waals surface area contributed by atoms with Gasteiger partial charge in [0.05, 0.1) is 5.54 Å². The summed E-state index contributed by atoms with van der Waals surface area (Å²) in [6.45, 7) is 6.37. The van der Waals surface area contributed by atoms with Crippen LogP contribution in [0.5, 0.6) is 0 Å². The van der Waals surface area contributed by atoms with Gasteiger partial charge in [-0.2, -0.15) is 0 Å². The zero-order valence-electron chi connectivity index (χ0n) is 7.55. The Labute approximate surface area is 72.4 Å². The van der Waals surface area contributed by atoms with Crippen LogP contribution in [0.2, 0.25) is 0 Å². The predicted octanol–water partition coefficient (Wildman–Crippen LogP) is 2.29. The SMILES string of the molecule is CSC1=NC(C)(C)C[C@H](C)O1. The van der Waals surface area contributed by atoms with Gasteiger partial charge in [0.1, 0.15) is 6.10 Å². The molecule has 0 saturated heterocycles. The highest BCUT2D eigenvalue weighted by atomic mass is 32.2. The van der Waals surface area contributed by atoms with Crippen molar-refractivity contribution in [2.45, 2.75) is 38.8 Å². The number of nitrogens with zero attached hydrogens (tertiary/aromatic N) is 1. The lowest BCUT2D eigenvalue weighted by Crippen LogP contribution is -2.32. The van der Waals surface area contributed by atoms with Crippen LogP contribution >= 0.6 is 11.8 Å². The number of ether oxygens (including phenoxy) is 1. The normalized spacial score (nSPS) is 29.1. The van der Waals surface area contributed by atoms with Gasteiger partial charge in [-0.1, -0.05) is 11.8 Å². The summed E-state index contributed by atoms with van der Waals surface area (Å²) in [5.74, 6) is 0. The maximum Gasteiger partial charge on any atom is 0.246 e. The molecule has 0 spiro atoms. The Morgan fingerprint density at radius 3 is 2.73 bits per heavy atom. The third kappa shape index (κ3) is 2.40. The van der Waals surface area contributed by atoms with Gasteiger partial charge >= 0.3 is 0 Å². The first kappa shape index (κ1) is 8.91. The third-order valence-electron chi connectivity index (χ3n) is 1.66. The van der Waals surface area contributed by atoms with Gasteiger partial charge < -0.3 is 4.74 Å². The minimum atomic E-state index is 0.0655. The van der Waals surface area contributed by atoms with Crippen molar-refractivity contribution in [1.82, 2.24) is 0 Å². The lowest BCUT2D eigenvalue weighted by Gasteiger charge is -2.30. The van der Waals surface area contributed by atoms with Crippen molar-refractivity contribution < 1.29 is 4.74 Å². The van der Waals surface area contributed by atoms with Crippen LogP contribution in [0.1, 0.15) is 27.2 Å². The molecule has 0 fully saturated rings. The molecule has 0 bridgehead atoms. The molecule has 0 radical (unpaired) electrons. The summed E-state index contributed by atoms with van der Waals surface area (Å²) in [6.07, 6.45) is 3.31. The maximum atomic E-state index is 5.48. The van der Waals surface area contributed by atoms with Crippen LogP contribution in [-0.2, 0) is 4.74 Å². The highest BCUT2D eigenvalue weighted by Gasteiger charge is 2.27. The lowest BCUT2D eigenvalue weighted by atomic mass is 9.98. The maximum absolute atomic E-state index is 5.48. The first-order valence-electron chi connectivity index (χ1n) is 3.84. The minimum Gasteiger partial charge on any atom is -0.470 e. The summed E-state index contributed by atoms with van der Waals surface area (Å²) >= 11 is 1.58. The van der Waals surface area contributed by atoms with Gasteiger partial charge in [0.15, 0.2) is 0 Å². The van der Waals surface area contributed by atoms with Gasteiger partial charge in [0.25, 0.3) is 0 Å². The molecular weight excluding hydrogens is 158 g/mol. The molecule has 1 aliphatic rings. The molecule has 1 aliphatic heterocycles. The topological polar surface area (TPSA) is 21.6 Å². The fraction of sp³-hybridized carbons (Fsp3) is 0.875. The van der Waals surface area contributed by atoms with E-state index in [-0.39, 0.29) is 5.54 Å². The molecule has 0 N–H and O–H groups in total. The van der Waals surface area contributed by atoms with Crippen molar-refractivity contribution in [1.29, 1.82) is 0 Å². The molecule has 11 heavy (non-hydrogen) atoms. The second-order valence-corrected chi connectivity index (χ2v) is 4.28.